The Labute approximate surface area is 146 Å². The van der Waals surface area contributed by atoms with Gasteiger partial charge in [0.2, 0.25) is 5.82 Å². The number of hydrogen-bond acceptors (Lipinski definition) is 6. The van der Waals surface area contributed by atoms with Gasteiger partial charge in [0.15, 0.2) is 5.76 Å². The Kier molecular flexibility index (Phi) is 4.57. The summed E-state index contributed by atoms with van der Waals surface area (Å²) in [5.74, 6) is -1.28. The minimum atomic E-state index is -4.70. The van der Waals surface area contributed by atoms with Crippen molar-refractivity contribution in [1.82, 2.24) is 15.3 Å². The molecule has 0 aliphatic carbocycles. The molecule has 0 aliphatic rings. The van der Waals surface area contributed by atoms with Gasteiger partial charge in [0, 0.05) is 11.6 Å². The molecule has 26 heavy (non-hydrogen) atoms. The number of aromatic nitrogens is 3. The summed E-state index contributed by atoms with van der Waals surface area (Å²) < 4.78 is 47.2. The van der Waals surface area contributed by atoms with Crippen molar-refractivity contribution in [2.24, 2.45) is 0 Å². The highest BCUT2D eigenvalue weighted by Gasteiger charge is 2.39. The maximum atomic E-state index is 12.6. The topological polar surface area (TPSA) is 85.2 Å². The molecule has 0 radical (unpaired) electrons. The molecule has 1 atom stereocenters. The number of alkyl halides is 3. The highest BCUT2D eigenvalue weighted by atomic mass is 19.4. The summed E-state index contributed by atoms with van der Waals surface area (Å²) in [5, 5.41) is 18.3. The van der Waals surface area contributed by atoms with E-state index in [0.717, 1.165) is 0 Å². The van der Waals surface area contributed by atoms with Crippen molar-refractivity contribution in [3.05, 3.63) is 53.2 Å². The second kappa shape index (κ2) is 6.56. The molecule has 1 unspecified atom stereocenters. The molecule has 0 bridgehead atoms. The fourth-order valence-corrected chi connectivity index (χ4v) is 2.68. The third kappa shape index (κ3) is 3.34. The molecular formula is C17H16F3N3O3. The molecule has 9 heteroatoms. The van der Waals surface area contributed by atoms with Gasteiger partial charge in [0.1, 0.15) is 5.60 Å². The molecule has 0 saturated heterocycles. The Morgan fingerprint density at radius 3 is 2.27 bits per heavy atom. The first-order valence-electron chi connectivity index (χ1n) is 7.92. The lowest BCUT2D eigenvalue weighted by atomic mass is 9.86. The Morgan fingerprint density at radius 1 is 1.08 bits per heavy atom. The molecular weight excluding hydrogens is 351 g/mol. The first-order valence-corrected chi connectivity index (χ1v) is 7.92. The second-order valence-electron chi connectivity index (χ2n) is 5.94. The van der Waals surface area contributed by atoms with E-state index in [0.29, 0.717) is 35.4 Å². The zero-order valence-electron chi connectivity index (χ0n) is 14.0. The van der Waals surface area contributed by atoms with E-state index >= 15 is 0 Å². The molecule has 1 N–H and O–H groups in total. The van der Waals surface area contributed by atoms with Crippen LogP contribution < -0.4 is 0 Å². The van der Waals surface area contributed by atoms with E-state index in [4.69, 9.17) is 4.52 Å². The molecule has 2 aromatic heterocycles. The zero-order valence-corrected chi connectivity index (χ0v) is 14.0. The van der Waals surface area contributed by atoms with Crippen LogP contribution in [0.5, 0.6) is 0 Å². The van der Waals surface area contributed by atoms with Gasteiger partial charge in [0.05, 0.1) is 5.69 Å². The van der Waals surface area contributed by atoms with Crippen LogP contribution in [0, 0.1) is 6.92 Å². The van der Waals surface area contributed by atoms with Crippen LogP contribution in [0.1, 0.15) is 42.7 Å². The van der Waals surface area contributed by atoms with E-state index in [-0.39, 0.29) is 5.82 Å². The number of aryl methyl sites for hydroxylation is 1. The van der Waals surface area contributed by atoms with Crippen LogP contribution in [-0.4, -0.2) is 20.4 Å². The van der Waals surface area contributed by atoms with Gasteiger partial charge >= 0.3 is 12.1 Å². The van der Waals surface area contributed by atoms with Gasteiger partial charge in [0.25, 0.3) is 0 Å². The Hall–Kier alpha value is -2.68. The van der Waals surface area contributed by atoms with Crippen LogP contribution in [0.25, 0.3) is 11.4 Å². The fourth-order valence-electron chi connectivity index (χ4n) is 2.68. The van der Waals surface area contributed by atoms with Crippen LogP contribution >= 0.6 is 0 Å². The summed E-state index contributed by atoms with van der Waals surface area (Å²) in [5.41, 5.74) is 0.111. The first kappa shape index (κ1) is 18.1. The standard InChI is InChI=1S/C17H16F3N3O3/c1-3-8-16(24,13-9-10(2)22-25-13)12-6-4-11(5-7-12)14-21-15(26-23-14)17(18,19)20/h4-7,9,24H,3,8H2,1-2H3. The Bertz CT molecular complexity index is 887. The van der Waals surface area contributed by atoms with Crippen molar-refractivity contribution in [1.29, 1.82) is 0 Å². The number of nitrogens with zero attached hydrogens (tertiary/aromatic N) is 3. The van der Waals surface area contributed by atoms with Crippen LogP contribution in [0.3, 0.4) is 0 Å². The molecule has 0 fully saturated rings. The van der Waals surface area contributed by atoms with Gasteiger partial charge < -0.3 is 14.2 Å². The highest BCUT2D eigenvalue weighted by molar-refractivity contribution is 5.55. The average molecular weight is 367 g/mol. The van der Waals surface area contributed by atoms with Gasteiger partial charge in [-0.15, -0.1) is 0 Å². The molecule has 3 aromatic rings. The largest absolute Gasteiger partial charge is 0.471 e. The van der Waals surface area contributed by atoms with E-state index in [1.165, 1.54) is 12.1 Å². The molecule has 6 nitrogen and oxygen atoms in total. The van der Waals surface area contributed by atoms with Crippen molar-refractivity contribution in [2.75, 3.05) is 0 Å². The molecule has 2 heterocycles. The number of hydrogen-bond donors (Lipinski definition) is 1. The minimum Gasteiger partial charge on any atom is -0.377 e. The van der Waals surface area contributed by atoms with Crippen LogP contribution in [0.4, 0.5) is 13.2 Å². The van der Waals surface area contributed by atoms with Crippen molar-refractivity contribution >= 4 is 0 Å². The zero-order chi connectivity index (χ0) is 18.9. The average Bonchev–Trinajstić information content (AvgIpc) is 3.24. The summed E-state index contributed by atoms with van der Waals surface area (Å²) in [4.78, 5) is 3.35. The molecule has 3 rings (SSSR count). The molecule has 1 aromatic carbocycles. The van der Waals surface area contributed by atoms with Crippen molar-refractivity contribution in [3.63, 3.8) is 0 Å². The van der Waals surface area contributed by atoms with Crippen LogP contribution in [0.15, 0.2) is 39.4 Å². The third-order valence-corrected chi connectivity index (χ3v) is 3.94. The molecule has 0 amide bonds. The van der Waals surface area contributed by atoms with Crippen LogP contribution in [0.2, 0.25) is 0 Å². The highest BCUT2D eigenvalue weighted by Crippen LogP contribution is 2.36. The SMILES string of the molecule is CCCC(O)(c1ccc(-c2noc(C(F)(F)F)n2)cc1)c1cc(C)no1. The van der Waals surface area contributed by atoms with Gasteiger partial charge in [-0.05, 0) is 18.9 Å². The summed E-state index contributed by atoms with van der Waals surface area (Å²) >= 11 is 0. The van der Waals surface area contributed by atoms with E-state index in [2.05, 4.69) is 19.8 Å². The molecule has 0 spiro atoms. The second-order valence-corrected chi connectivity index (χ2v) is 5.94. The maximum Gasteiger partial charge on any atom is 0.471 e. The fraction of sp³-hybridized carbons (Fsp3) is 0.353. The van der Waals surface area contributed by atoms with Crippen molar-refractivity contribution in [2.45, 2.75) is 38.5 Å². The Morgan fingerprint density at radius 2 is 1.77 bits per heavy atom. The normalized spacial score (nSPS) is 14.4. The summed E-state index contributed by atoms with van der Waals surface area (Å²) in [7, 11) is 0. The van der Waals surface area contributed by atoms with Gasteiger partial charge in [-0.25, -0.2) is 0 Å². The van der Waals surface area contributed by atoms with Gasteiger partial charge in [-0.1, -0.05) is 47.9 Å². The number of aliphatic hydroxyl groups is 1. The quantitative estimate of drug-likeness (QED) is 0.731. The lowest BCUT2D eigenvalue weighted by molar-refractivity contribution is -0.159. The maximum absolute atomic E-state index is 12.6. The summed E-state index contributed by atoms with van der Waals surface area (Å²) in [6.45, 7) is 3.66. The van der Waals surface area contributed by atoms with E-state index in [1.807, 2.05) is 6.92 Å². The van der Waals surface area contributed by atoms with E-state index < -0.39 is 17.7 Å². The Balaban J connectivity index is 1.93. The number of benzene rings is 1. The monoisotopic (exact) mass is 367 g/mol. The van der Waals surface area contributed by atoms with Gasteiger partial charge in [-0.3, -0.25) is 0 Å². The summed E-state index contributed by atoms with van der Waals surface area (Å²) in [6.07, 6.45) is -3.63. The van der Waals surface area contributed by atoms with Crippen LogP contribution in [-0.2, 0) is 11.8 Å². The summed E-state index contributed by atoms with van der Waals surface area (Å²) in [6, 6.07) is 7.87. The minimum absolute atomic E-state index is 0.182. The molecule has 0 aliphatic heterocycles. The van der Waals surface area contributed by atoms with Gasteiger partial charge in [-0.2, -0.15) is 18.2 Å². The predicted octanol–water partition coefficient (Wildman–Crippen LogP) is 4.09. The number of halogens is 3. The molecule has 138 valence electrons. The predicted molar refractivity (Wildman–Crippen MR) is 83.9 cm³/mol. The third-order valence-electron chi connectivity index (χ3n) is 3.94. The lowest BCUT2D eigenvalue weighted by Crippen LogP contribution is -2.26. The number of rotatable bonds is 5. The molecule has 0 saturated carbocycles. The van der Waals surface area contributed by atoms with Crippen molar-refractivity contribution < 1.29 is 27.3 Å². The van der Waals surface area contributed by atoms with E-state index in [9.17, 15) is 18.3 Å². The first-order chi connectivity index (χ1) is 12.2. The van der Waals surface area contributed by atoms with Crippen molar-refractivity contribution in [3.8, 4) is 11.4 Å². The van der Waals surface area contributed by atoms with E-state index in [1.54, 1.807) is 25.1 Å². The smallest absolute Gasteiger partial charge is 0.377 e. The lowest BCUT2D eigenvalue weighted by Gasteiger charge is -2.25.